The van der Waals surface area contributed by atoms with E-state index in [4.69, 9.17) is 23.2 Å². The summed E-state index contributed by atoms with van der Waals surface area (Å²) >= 11 is 12.1. The Labute approximate surface area is 154 Å². The van der Waals surface area contributed by atoms with Crippen molar-refractivity contribution in [3.63, 3.8) is 0 Å². The van der Waals surface area contributed by atoms with Crippen molar-refractivity contribution in [2.75, 3.05) is 32.7 Å². The fraction of sp³-hybridized carbons (Fsp3) is 0.300. The molecule has 2 aromatic carbocycles. The van der Waals surface area contributed by atoms with E-state index in [1.54, 1.807) is 0 Å². The molecule has 2 aromatic rings. The molecule has 1 aliphatic rings. The van der Waals surface area contributed by atoms with Crippen molar-refractivity contribution < 1.29 is 0 Å². The van der Waals surface area contributed by atoms with Crippen LogP contribution in [0.1, 0.15) is 11.1 Å². The Kier molecular flexibility index (Phi) is 6.33. The van der Waals surface area contributed by atoms with E-state index in [-0.39, 0.29) is 0 Å². The Morgan fingerprint density at radius 1 is 0.833 bits per heavy atom. The lowest BCUT2D eigenvalue weighted by Gasteiger charge is -2.34. The number of halogens is 2. The van der Waals surface area contributed by atoms with E-state index in [2.05, 4.69) is 52.3 Å². The van der Waals surface area contributed by atoms with Gasteiger partial charge in [0.1, 0.15) is 0 Å². The normalized spacial score (nSPS) is 16.8. The van der Waals surface area contributed by atoms with Crippen LogP contribution in [0.2, 0.25) is 10.0 Å². The summed E-state index contributed by atoms with van der Waals surface area (Å²) < 4.78 is 0. The van der Waals surface area contributed by atoms with Gasteiger partial charge in [0.25, 0.3) is 0 Å². The Morgan fingerprint density at radius 2 is 1.54 bits per heavy atom. The van der Waals surface area contributed by atoms with Crippen molar-refractivity contribution in [2.45, 2.75) is 6.54 Å². The number of hydrogen-bond acceptors (Lipinski definition) is 2. The van der Waals surface area contributed by atoms with Crippen molar-refractivity contribution in [1.82, 2.24) is 9.80 Å². The summed E-state index contributed by atoms with van der Waals surface area (Å²) in [4.78, 5) is 4.96. The molecule has 1 heterocycles. The van der Waals surface area contributed by atoms with E-state index >= 15 is 0 Å². The van der Waals surface area contributed by atoms with Crippen molar-refractivity contribution >= 4 is 29.3 Å². The molecule has 1 aliphatic heterocycles. The predicted molar refractivity (Wildman–Crippen MR) is 104 cm³/mol. The second-order valence-electron chi connectivity index (χ2n) is 6.14. The van der Waals surface area contributed by atoms with Crippen LogP contribution >= 0.6 is 23.2 Å². The number of rotatable bonds is 5. The van der Waals surface area contributed by atoms with Gasteiger partial charge in [-0.15, -0.1) is 0 Å². The van der Waals surface area contributed by atoms with Crippen LogP contribution in [0.15, 0.2) is 54.6 Å². The van der Waals surface area contributed by atoms with Crippen LogP contribution in [0.25, 0.3) is 6.08 Å². The molecule has 1 fully saturated rings. The Morgan fingerprint density at radius 3 is 2.25 bits per heavy atom. The molecule has 0 atom stereocenters. The standard InChI is InChI=1S/C20H22Cl2N2/c21-19-9-8-18(15-20(19)22)16-24-13-11-23(12-14-24)10-4-7-17-5-2-1-3-6-17/h1-9,15H,10-14,16H2/b7-4+. The second kappa shape index (κ2) is 8.68. The molecule has 0 spiro atoms. The van der Waals surface area contributed by atoms with Crippen molar-refractivity contribution in [1.29, 1.82) is 0 Å². The van der Waals surface area contributed by atoms with E-state index in [1.165, 1.54) is 11.1 Å². The molecule has 24 heavy (non-hydrogen) atoms. The molecule has 0 saturated carbocycles. The summed E-state index contributed by atoms with van der Waals surface area (Å²) in [5, 5.41) is 1.26. The first kappa shape index (κ1) is 17.5. The van der Waals surface area contributed by atoms with E-state index in [0.717, 1.165) is 39.3 Å². The minimum Gasteiger partial charge on any atom is -0.297 e. The molecule has 0 amide bonds. The third-order valence-corrected chi connectivity index (χ3v) is 5.07. The van der Waals surface area contributed by atoms with Gasteiger partial charge in [0.05, 0.1) is 10.0 Å². The summed E-state index contributed by atoms with van der Waals surface area (Å²) in [6, 6.07) is 16.4. The zero-order valence-corrected chi connectivity index (χ0v) is 15.2. The van der Waals surface area contributed by atoms with Crippen molar-refractivity contribution in [2.24, 2.45) is 0 Å². The monoisotopic (exact) mass is 360 g/mol. The van der Waals surface area contributed by atoms with Gasteiger partial charge in [-0.3, -0.25) is 9.80 Å². The lowest BCUT2D eigenvalue weighted by Crippen LogP contribution is -2.45. The first-order chi connectivity index (χ1) is 11.7. The maximum atomic E-state index is 6.10. The lowest BCUT2D eigenvalue weighted by atomic mass is 10.2. The quantitative estimate of drug-likeness (QED) is 0.753. The summed E-state index contributed by atoms with van der Waals surface area (Å²) in [5.74, 6) is 0. The second-order valence-corrected chi connectivity index (χ2v) is 6.95. The van der Waals surface area contributed by atoms with E-state index in [0.29, 0.717) is 10.0 Å². The van der Waals surface area contributed by atoms with Gasteiger partial charge in [0.2, 0.25) is 0 Å². The number of benzene rings is 2. The van der Waals surface area contributed by atoms with Crippen molar-refractivity contribution in [3.8, 4) is 0 Å². The number of nitrogens with zero attached hydrogens (tertiary/aromatic N) is 2. The van der Waals surface area contributed by atoms with Gasteiger partial charge >= 0.3 is 0 Å². The molecule has 4 heteroatoms. The predicted octanol–water partition coefficient (Wildman–Crippen LogP) is 4.82. The lowest BCUT2D eigenvalue weighted by molar-refractivity contribution is 0.137. The SMILES string of the molecule is Clc1ccc(CN2CCN(C/C=C/c3ccccc3)CC2)cc1Cl. The molecular weight excluding hydrogens is 339 g/mol. The first-order valence-electron chi connectivity index (χ1n) is 8.31. The van der Waals surface area contributed by atoms with E-state index in [9.17, 15) is 0 Å². The number of piperazine rings is 1. The van der Waals surface area contributed by atoms with Gasteiger partial charge in [-0.1, -0.05) is 71.8 Å². The molecule has 0 aromatic heterocycles. The third kappa shape index (κ3) is 5.09. The minimum atomic E-state index is 0.621. The van der Waals surface area contributed by atoms with Crippen LogP contribution < -0.4 is 0 Å². The summed E-state index contributed by atoms with van der Waals surface area (Å²) in [6.45, 7) is 6.31. The first-order valence-corrected chi connectivity index (χ1v) is 9.06. The largest absolute Gasteiger partial charge is 0.297 e. The topological polar surface area (TPSA) is 6.48 Å². The molecular formula is C20H22Cl2N2. The van der Waals surface area contributed by atoms with Crippen LogP contribution in [-0.4, -0.2) is 42.5 Å². The van der Waals surface area contributed by atoms with E-state index in [1.807, 2.05) is 18.2 Å². The zero-order chi connectivity index (χ0) is 16.8. The average Bonchev–Trinajstić information content (AvgIpc) is 2.61. The highest BCUT2D eigenvalue weighted by atomic mass is 35.5. The number of hydrogen-bond donors (Lipinski definition) is 0. The summed E-state index contributed by atoms with van der Waals surface area (Å²) in [7, 11) is 0. The van der Waals surface area contributed by atoms with Gasteiger partial charge in [0.15, 0.2) is 0 Å². The molecule has 0 bridgehead atoms. The molecule has 0 aliphatic carbocycles. The molecule has 2 nitrogen and oxygen atoms in total. The molecule has 0 radical (unpaired) electrons. The van der Waals surface area contributed by atoms with Crippen molar-refractivity contribution in [3.05, 3.63) is 75.8 Å². The fourth-order valence-electron chi connectivity index (χ4n) is 2.93. The fourth-order valence-corrected chi connectivity index (χ4v) is 3.25. The third-order valence-electron chi connectivity index (χ3n) is 4.33. The van der Waals surface area contributed by atoms with Gasteiger partial charge in [-0.2, -0.15) is 0 Å². The molecule has 1 saturated heterocycles. The summed E-state index contributed by atoms with van der Waals surface area (Å²) in [6.07, 6.45) is 4.45. The van der Waals surface area contributed by atoms with Gasteiger partial charge in [-0.25, -0.2) is 0 Å². The van der Waals surface area contributed by atoms with E-state index < -0.39 is 0 Å². The van der Waals surface area contributed by atoms with Crippen LogP contribution in [0.3, 0.4) is 0 Å². The Balaban J connectivity index is 1.44. The maximum Gasteiger partial charge on any atom is 0.0595 e. The zero-order valence-electron chi connectivity index (χ0n) is 13.7. The van der Waals surface area contributed by atoms with Crippen LogP contribution in [0.5, 0.6) is 0 Å². The van der Waals surface area contributed by atoms with Gasteiger partial charge < -0.3 is 0 Å². The highest BCUT2D eigenvalue weighted by Crippen LogP contribution is 2.23. The molecule has 0 unspecified atom stereocenters. The summed E-state index contributed by atoms with van der Waals surface area (Å²) in [5.41, 5.74) is 2.48. The molecule has 3 rings (SSSR count). The highest BCUT2D eigenvalue weighted by molar-refractivity contribution is 6.42. The van der Waals surface area contributed by atoms with Crippen LogP contribution in [0, 0.1) is 0 Å². The highest BCUT2D eigenvalue weighted by Gasteiger charge is 2.16. The molecule has 0 N–H and O–H groups in total. The van der Waals surface area contributed by atoms with Gasteiger partial charge in [-0.05, 0) is 23.3 Å². The molecule has 126 valence electrons. The average molecular weight is 361 g/mol. The Bertz CT molecular complexity index is 677. The van der Waals surface area contributed by atoms with Crippen LogP contribution in [-0.2, 0) is 6.54 Å². The smallest absolute Gasteiger partial charge is 0.0595 e. The Hall–Kier alpha value is -1.32. The van der Waals surface area contributed by atoms with Crippen LogP contribution in [0.4, 0.5) is 0 Å². The van der Waals surface area contributed by atoms with Gasteiger partial charge in [0, 0.05) is 39.3 Å². The maximum absolute atomic E-state index is 6.10. The minimum absolute atomic E-state index is 0.621.